The second-order valence-electron chi connectivity index (χ2n) is 4.89. The van der Waals surface area contributed by atoms with E-state index in [0.717, 1.165) is 5.56 Å². The Labute approximate surface area is 135 Å². The molecule has 1 N–H and O–H groups in total. The zero-order chi connectivity index (χ0) is 16.5. The number of nitrogens with one attached hydrogen (secondary N) is 1. The number of ether oxygens (including phenoxy) is 2. The Morgan fingerprint density at radius 1 is 1.04 bits per heavy atom. The van der Waals surface area contributed by atoms with E-state index in [9.17, 15) is 9.18 Å². The van der Waals surface area contributed by atoms with Gasteiger partial charge in [0.1, 0.15) is 5.82 Å². The van der Waals surface area contributed by atoms with Crippen molar-refractivity contribution in [3.05, 3.63) is 59.9 Å². The van der Waals surface area contributed by atoms with Gasteiger partial charge >= 0.3 is 0 Å². The lowest BCUT2D eigenvalue weighted by molar-refractivity contribution is -0.123. The number of amides is 1. The Morgan fingerprint density at radius 2 is 1.70 bits per heavy atom. The molecule has 0 bridgehead atoms. The summed E-state index contributed by atoms with van der Waals surface area (Å²) in [5.41, 5.74) is 0.967. The summed E-state index contributed by atoms with van der Waals surface area (Å²) in [6, 6.07) is 13.5. The fraction of sp³-hybridized carbons (Fsp3) is 0.278. The normalized spacial score (nSPS) is 10.2. The van der Waals surface area contributed by atoms with Crippen LogP contribution in [0.25, 0.3) is 0 Å². The van der Waals surface area contributed by atoms with Gasteiger partial charge in [-0.15, -0.1) is 0 Å². The van der Waals surface area contributed by atoms with Crippen LogP contribution in [0.5, 0.6) is 11.5 Å². The van der Waals surface area contributed by atoms with Crippen molar-refractivity contribution in [1.82, 2.24) is 5.32 Å². The molecule has 122 valence electrons. The summed E-state index contributed by atoms with van der Waals surface area (Å²) in [5, 5.41) is 2.77. The highest BCUT2D eigenvalue weighted by Crippen LogP contribution is 2.26. The minimum absolute atomic E-state index is 0.0759. The molecule has 2 aromatic rings. The van der Waals surface area contributed by atoms with E-state index in [4.69, 9.17) is 9.47 Å². The van der Waals surface area contributed by atoms with E-state index in [0.29, 0.717) is 31.1 Å². The molecule has 1 amide bonds. The van der Waals surface area contributed by atoms with Gasteiger partial charge in [-0.05, 0) is 43.2 Å². The third kappa shape index (κ3) is 5.62. The molecule has 0 heterocycles. The molecule has 0 aromatic heterocycles. The van der Waals surface area contributed by atoms with E-state index in [-0.39, 0.29) is 18.3 Å². The van der Waals surface area contributed by atoms with E-state index in [2.05, 4.69) is 5.32 Å². The molecule has 0 saturated heterocycles. The molecule has 2 aromatic carbocycles. The topological polar surface area (TPSA) is 47.6 Å². The number of rotatable bonds is 8. The highest BCUT2D eigenvalue weighted by Gasteiger charge is 2.07. The van der Waals surface area contributed by atoms with Gasteiger partial charge in [0, 0.05) is 6.54 Å². The first kappa shape index (κ1) is 16.8. The van der Waals surface area contributed by atoms with E-state index < -0.39 is 0 Å². The number of hydrogen-bond donors (Lipinski definition) is 1. The number of hydrogen-bond acceptors (Lipinski definition) is 3. The molecule has 0 atom stereocenters. The minimum Gasteiger partial charge on any atom is -0.490 e. The third-order valence-corrected chi connectivity index (χ3v) is 3.16. The summed E-state index contributed by atoms with van der Waals surface area (Å²) < 4.78 is 23.7. The highest BCUT2D eigenvalue weighted by molar-refractivity contribution is 5.77. The van der Waals surface area contributed by atoms with Crippen molar-refractivity contribution in [2.45, 2.75) is 13.3 Å². The van der Waals surface area contributed by atoms with Gasteiger partial charge in [0.2, 0.25) is 0 Å². The molecule has 0 fully saturated rings. The van der Waals surface area contributed by atoms with Crippen molar-refractivity contribution < 1.29 is 18.7 Å². The van der Waals surface area contributed by atoms with Gasteiger partial charge in [-0.2, -0.15) is 0 Å². The van der Waals surface area contributed by atoms with Gasteiger partial charge in [-0.1, -0.05) is 24.3 Å². The van der Waals surface area contributed by atoms with Gasteiger partial charge in [-0.25, -0.2) is 4.39 Å². The van der Waals surface area contributed by atoms with Gasteiger partial charge in [0.15, 0.2) is 18.1 Å². The molecule has 2 rings (SSSR count). The first-order chi connectivity index (χ1) is 11.2. The molecule has 0 aliphatic heterocycles. The van der Waals surface area contributed by atoms with Gasteiger partial charge in [0.25, 0.3) is 5.91 Å². The van der Waals surface area contributed by atoms with Gasteiger partial charge < -0.3 is 14.8 Å². The Kier molecular flexibility index (Phi) is 6.41. The van der Waals surface area contributed by atoms with Crippen LogP contribution in [0.1, 0.15) is 12.5 Å². The van der Waals surface area contributed by atoms with Crippen molar-refractivity contribution in [2.75, 3.05) is 19.8 Å². The lowest BCUT2D eigenvalue weighted by atomic mass is 10.1. The van der Waals surface area contributed by atoms with Crippen molar-refractivity contribution in [1.29, 1.82) is 0 Å². The summed E-state index contributed by atoms with van der Waals surface area (Å²) >= 11 is 0. The Morgan fingerprint density at radius 3 is 2.35 bits per heavy atom. The van der Waals surface area contributed by atoms with E-state index in [1.807, 2.05) is 19.1 Å². The van der Waals surface area contributed by atoms with Crippen molar-refractivity contribution in [2.24, 2.45) is 0 Å². The van der Waals surface area contributed by atoms with Crippen LogP contribution in [0, 0.1) is 5.82 Å². The smallest absolute Gasteiger partial charge is 0.257 e. The molecule has 23 heavy (non-hydrogen) atoms. The summed E-state index contributed by atoms with van der Waals surface area (Å²) in [7, 11) is 0. The maximum atomic E-state index is 12.8. The van der Waals surface area contributed by atoms with Crippen LogP contribution < -0.4 is 14.8 Å². The lowest BCUT2D eigenvalue weighted by Crippen LogP contribution is -2.30. The average molecular weight is 317 g/mol. The van der Waals surface area contributed by atoms with Crippen LogP contribution in [-0.2, 0) is 11.2 Å². The summed E-state index contributed by atoms with van der Waals surface area (Å²) in [5.74, 6) is 0.690. The number of carbonyl (C=O) groups is 1. The zero-order valence-electron chi connectivity index (χ0n) is 13.0. The molecule has 0 aliphatic rings. The highest BCUT2D eigenvalue weighted by atomic mass is 19.1. The van der Waals surface area contributed by atoms with Crippen molar-refractivity contribution in [3.63, 3.8) is 0 Å². The molecular formula is C18H20FNO3. The fourth-order valence-corrected chi connectivity index (χ4v) is 2.04. The minimum atomic E-state index is -0.265. The SMILES string of the molecule is CCOc1ccccc1OCC(=O)NCCc1ccc(F)cc1. The van der Waals surface area contributed by atoms with Crippen molar-refractivity contribution >= 4 is 5.91 Å². The maximum Gasteiger partial charge on any atom is 0.257 e. The van der Waals surface area contributed by atoms with E-state index >= 15 is 0 Å². The molecule has 4 nitrogen and oxygen atoms in total. The molecule has 0 spiro atoms. The van der Waals surface area contributed by atoms with Crippen LogP contribution in [0.4, 0.5) is 4.39 Å². The monoisotopic (exact) mass is 317 g/mol. The van der Waals surface area contributed by atoms with E-state index in [1.54, 1.807) is 24.3 Å². The Balaban J connectivity index is 1.74. The first-order valence-corrected chi connectivity index (χ1v) is 7.55. The number of carbonyl (C=O) groups excluding carboxylic acids is 1. The van der Waals surface area contributed by atoms with Crippen molar-refractivity contribution in [3.8, 4) is 11.5 Å². The van der Waals surface area contributed by atoms with Crippen LogP contribution in [0.3, 0.4) is 0 Å². The Bertz CT molecular complexity index is 628. The molecule has 0 radical (unpaired) electrons. The second-order valence-corrected chi connectivity index (χ2v) is 4.89. The number of halogens is 1. The first-order valence-electron chi connectivity index (χ1n) is 7.55. The van der Waals surface area contributed by atoms with Crippen LogP contribution in [0.2, 0.25) is 0 Å². The van der Waals surface area contributed by atoms with Crippen LogP contribution in [-0.4, -0.2) is 25.7 Å². The molecule has 5 heteroatoms. The summed E-state index contributed by atoms with van der Waals surface area (Å²) in [6.45, 7) is 2.82. The summed E-state index contributed by atoms with van der Waals surface area (Å²) in [4.78, 5) is 11.8. The van der Waals surface area contributed by atoms with Crippen LogP contribution in [0.15, 0.2) is 48.5 Å². The maximum absolute atomic E-state index is 12.8. The second kappa shape index (κ2) is 8.78. The van der Waals surface area contributed by atoms with Crippen LogP contribution >= 0.6 is 0 Å². The van der Waals surface area contributed by atoms with E-state index in [1.165, 1.54) is 12.1 Å². The molecule has 0 saturated carbocycles. The average Bonchev–Trinajstić information content (AvgIpc) is 2.56. The fourth-order valence-electron chi connectivity index (χ4n) is 2.04. The molecular weight excluding hydrogens is 297 g/mol. The predicted molar refractivity (Wildman–Crippen MR) is 86.2 cm³/mol. The third-order valence-electron chi connectivity index (χ3n) is 3.16. The standard InChI is InChI=1S/C18H20FNO3/c1-2-22-16-5-3-4-6-17(16)23-13-18(21)20-12-11-14-7-9-15(19)10-8-14/h3-10H,2,11-13H2,1H3,(H,20,21). The predicted octanol–water partition coefficient (Wildman–Crippen LogP) is 2.96. The number of benzene rings is 2. The molecule has 0 unspecified atom stereocenters. The number of para-hydroxylation sites is 2. The quantitative estimate of drug-likeness (QED) is 0.814. The largest absolute Gasteiger partial charge is 0.490 e. The Hall–Kier alpha value is -2.56. The summed E-state index contributed by atoms with van der Waals surface area (Å²) in [6.07, 6.45) is 0.640. The lowest BCUT2D eigenvalue weighted by Gasteiger charge is -2.11. The van der Waals surface area contributed by atoms with Gasteiger partial charge in [0.05, 0.1) is 6.61 Å². The van der Waals surface area contributed by atoms with Gasteiger partial charge in [-0.3, -0.25) is 4.79 Å². The zero-order valence-corrected chi connectivity index (χ0v) is 13.0. The molecule has 0 aliphatic carbocycles.